The van der Waals surface area contributed by atoms with E-state index in [1.807, 2.05) is 32.0 Å². The summed E-state index contributed by atoms with van der Waals surface area (Å²) in [5.41, 5.74) is 3.73. The molecule has 0 unspecified atom stereocenters. The van der Waals surface area contributed by atoms with Gasteiger partial charge < -0.3 is 9.73 Å². The molecular formula is C22H17N3O4S. The first-order valence-electron chi connectivity index (χ1n) is 9.10. The number of non-ortho nitro benzene ring substituents is 1. The highest BCUT2D eigenvalue weighted by atomic mass is 32.2. The topological polar surface area (TPSA) is 97.7 Å². The minimum Gasteiger partial charge on any atom is -0.457 e. The van der Waals surface area contributed by atoms with Crippen LogP contribution in [0.3, 0.4) is 0 Å². The lowest BCUT2D eigenvalue weighted by Gasteiger charge is -2.02. The fourth-order valence-corrected chi connectivity index (χ4v) is 3.80. The van der Waals surface area contributed by atoms with E-state index in [2.05, 4.69) is 10.3 Å². The molecule has 150 valence electrons. The average molecular weight is 419 g/mol. The van der Waals surface area contributed by atoms with Crippen molar-refractivity contribution in [1.82, 2.24) is 5.32 Å². The third-order valence-electron chi connectivity index (χ3n) is 4.49. The summed E-state index contributed by atoms with van der Waals surface area (Å²) in [7, 11) is 0. The Morgan fingerprint density at radius 1 is 1.10 bits per heavy atom. The number of aliphatic imine (C=N–C) groups is 1. The van der Waals surface area contributed by atoms with Crippen molar-refractivity contribution in [2.75, 3.05) is 0 Å². The van der Waals surface area contributed by atoms with Gasteiger partial charge in [-0.1, -0.05) is 17.7 Å². The van der Waals surface area contributed by atoms with Crippen molar-refractivity contribution in [2.45, 2.75) is 13.8 Å². The van der Waals surface area contributed by atoms with Crippen molar-refractivity contribution < 1.29 is 14.1 Å². The van der Waals surface area contributed by atoms with Gasteiger partial charge in [0, 0.05) is 23.8 Å². The van der Waals surface area contributed by atoms with Gasteiger partial charge in [0.15, 0.2) is 5.17 Å². The number of carbonyl (C=O) groups is 1. The van der Waals surface area contributed by atoms with Crippen molar-refractivity contribution in [3.8, 4) is 11.3 Å². The molecule has 1 aliphatic rings. The molecule has 0 spiro atoms. The molecule has 2 heterocycles. The van der Waals surface area contributed by atoms with Crippen LogP contribution >= 0.6 is 11.8 Å². The largest absolute Gasteiger partial charge is 0.457 e. The predicted molar refractivity (Wildman–Crippen MR) is 118 cm³/mol. The number of nitrogens with zero attached hydrogens (tertiary/aromatic N) is 2. The summed E-state index contributed by atoms with van der Waals surface area (Å²) in [4.78, 5) is 27.6. The first-order valence-corrected chi connectivity index (χ1v) is 9.92. The Morgan fingerprint density at radius 2 is 1.87 bits per heavy atom. The van der Waals surface area contributed by atoms with E-state index in [0.717, 1.165) is 16.8 Å². The third kappa shape index (κ3) is 4.18. The van der Waals surface area contributed by atoms with Crippen LogP contribution in [0.2, 0.25) is 0 Å². The maximum atomic E-state index is 12.3. The molecule has 7 nitrogen and oxygen atoms in total. The molecule has 0 radical (unpaired) electrons. The van der Waals surface area contributed by atoms with E-state index in [4.69, 9.17) is 4.42 Å². The van der Waals surface area contributed by atoms with E-state index in [1.54, 1.807) is 30.3 Å². The van der Waals surface area contributed by atoms with Crippen molar-refractivity contribution in [1.29, 1.82) is 0 Å². The maximum absolute atomic E-state index is 12.3. The van der Waals surface area contributed by atoms with Gasteiger partial charge in [0.1, 0.15) is 11.5 Å². The lowest BCUT2D eigenvalue weighted by molar-refractivity contribution is -0.384. The number of hydrogen-bond donors (Lipinski definition) is 1. The zero-order valence-electron chi connectivity index (χ0n) is 16.2. The molecule has 0 bridgehead atoms. The Labute approximate surface area is 176 Å². The molecule has 1 aliphatic heterocycles. The second-order valence-electron chi connectivity index (χ2n) is 6.78. The highest BCUT2D eigenvalue weighted by molar-refractivity contribution is 8.18. The number of nitro benzene ring substituents is 1. The Bertz CT molecular complexity index is 1210. The summed E-state index contributed by atoms with van der Waals surface area (Å²) in [5.74, 6) is 0.829. The summed E-state index contributed by atoms with van der Waals surface area (Å²) in [6.45, 7) is 4.00. The molecule has 1 fully saturated rings. The molecule has 30 heavy (non-hydrogen) atoms. The zero-order valence-corrected chi connectivity index (χ0v) is 17.0. The van der Waals surface area contributed by atoms with Crippen molar-refractivity contribution >= 4 is 40.3 Å². The van der Waals surface area contributed by atoms with Crippen molar-refractivity contribution in [3.05, 3.63) is 86.5 Å². The number of nitrogens with one attached hydrogen (secondary N) is 1. The van der Waals surface area contributed by atoms with Crippen LogP contribution in [0.15, 0.2) is 68.9 Å². The van der Waals surface area contributed by atoms with Crippen LogP contribution in [0.1, 0.15) is 16.9 Å². The Kier molecular flexibility index (Phi) is 5.24. The van der Waals surface area contributed by atoms with Crippen LogP contribution in [0.4, 0.5) is 11.4 Å². The van der Waals surface area contributed by atoms with Crippen LogP contribution in [-0.4, -0.2) is 16.0 Å². The van der Waals surface area contributed by atoms with E-state index in [0.29, 0.717) is 27.2 Å². The molecule has 0 atom stereocenters. The van der Waals surface area contributed by atoms with Gasteiger partial charge >= 0.3 is 0 Å². The lowest BCUT2D eigenvalue weighted by Crippen LogP contribution is -2.19. The fraction of sp³-hybridized carbons (Fsp3) is 0.0909. The van der Waals surface area contributed by atoms with E-state index in [1.165, 1.54) is 23.9 Å². The standard InChI is InChI=1S/C22H17N3O4S/c1-13-3-9-18(14(2)11-13)23-22-24-21(26)20(30-22)12-17-8-10-19(29-17)15-4-6-16(7-5-15)25(27)28/h3-12H,1-2H3,(H,23,24,26)/b20-12-. The number of nitro groups is 1. The predicted octanol–water partition coefficient (Wildman–Crippen LogP) is 5.36. The van der Waals surface area contributed by atoms with Gasteiger partial charge in [-0.05, 0) is 61.5 Å². The molecule has 4 rings (SSSR count). The summed E-state index contributed by atoms with van der Waals surface area (Å²) in [6.07, 6.45) is 1.65. The number of benzene rings is 2. The minimum absolute atomic E-state index is 0.0160. The normalized spacial score (nSPS) is 16.3. The minimum atomic E-state index is -0.449. The Morgan fingerprint density at radius 3 is 2.57 bits per heavy atom. The molecule has 1 amide bonds. The Balaban J connectivity index is 1.53. The third-order valence-corrected chi connectivity index (χ3v) is 5.40. The first kappa shape index (κ1) is 19.7. The van der Waals surface area contributed by atoms with Gasteiger partial charge in [-0.2, -0.15) is 0 Å². The summed E-state index contributed by atoms with van der Waals surface area (Å²) in [6, 6.07) is 15.5. The molecule has 1 aromatic heterocycles. The second kappa shape index (κ2) is 8.00. The van der Waals surface area contributed by atoms with Gasteiger partial charge in [-0.3, -0.25) is 14.9 Å². The van der Waals surface area contributed by atoms with Crippen molar-refractivity contribution in [2.24, 2.45) is 4.99 Å². The van der Waals surface area contributed by atoms with Crippen LogP contribution in [-0.2, 0) is 4.79 Å². The number of rotatable bonds is 4. The molecule has 1 saturated heterocycles. The number of thioether (sulfide) groups is 1. The van der Waals surface area contributed by atoms with Crippen LogP contribution in [0.25, 0.3) is 17.4 Å². The Hall–Kier alpha value is -3.65. The molecule has 0 aliphatic carbocycles. The van der Waals surface area contributed by atoms with Gasteiger partial charge in [-0.25, -0.2) is 4.99 Å². The monoisotopic (exact) mass is 419 g/mol. The highest BCUT2D eigenvalue weighted by Crippen LogP contribution is 2.31. The molecule has 1 N–H and O–H groups in total. The van der Waals surface area contributed by atoms with E-state index >= 15 is 0 Å². The molecule has 8 heteroatoms. The SMILES string of the molecule is Cc1ccc(N=C2NC(=O)/C(=C/c3ccc(-c4ccc([N+](=O)[O-])cc4)o3)S2)c(C)c1. The number of amidine groups is 1. The van der Waals surface area contributed by atoms with Crippen molar-refractivity contribution in [3.63, 3.8) is 0 Å². The summed E-state index contributed by atoms with van der Waals surface area (Å²) in [5, 5.41) is 14.1. The van der Waals surface area contributed by atoms with Gasteiger partial charge in [0.05, 0.1) is 15.5 Å². The fourth-order valence-electron chi connectivity index (χ4n) is 2.98. The molecule has 2 aromatic carbocycles. The van der Waals surface area contributed by atoms with Crippen LogP contribution in [0.5, 0.6) is 0 Å². The lowest BCUT2D eigenvalue weighted by atomic mass is 10.1. The van der Waals surface area contributed by atoms with Gasteiger partial charge in [-0.15, -0.1) is 0 Å². The van der Waals surface area contributed by atoms with Crippen LogP contribution in [0, 0.1) is 24.0 Å². The number of carbonyl (C=O) groups excluding carboxylic acids is 1. The van der Waals surface area contributed by atoms with E-state index in [-0.39, 0.29) is 11.6 Å². The number of aryl methyl sites for hydroxylation is 2. The number of amides is 1. The number of hydrogen-bond acceptors (Lipinski definition) is 6. The molecule has 3 aromatic rings. The van der Waals surface area contributed by atoms with E-state index < -0.39 is 4.92 Å². The second-order valence-corrected chi connectivity index (χ2v) is 7.81. The summed E-state index contributed by atoms with van der Waals surface area (Å²) < 4.78 is 5.79. The van der Waals surface area contributed by atoms with E-state index in [9.17, 15) is 14.9 Å². The highest BCUT2D eigenvalue weighted by Gasteiger charge is 2.24. The smallest absolute Gasteiger partial charge is 0.269 e. The van der Waals surface area contributed by atoms with Gasteiger partial charge in [0.25, 0.3) is 11.6 Å². The summed E-state index contributed by atoms with van der Waals surface area (Å²) >= 11 is 1.25. The number of furan rings is 1. The van der Waals surface area contributed by atoms with Crippen LogP contribution < -0.4 is 5.32 Å². The first-order chi connectivity index (χ1) is 14.4. The van der Waals surface area contributed by atoms with Gasteiger partial charge in [0.2, 0.25) is 0 Å². The quantitative estimate of drug-likeness (QED) is 0.349. The average Bonchev–Trinajstić information content (AvgIpc) is 3.31. The maximum Gasteiger partial charge on any atom is 0.269 e. The zero-order chi connectivity index (χ0) is 21.3. The molecule has 0 saturated carbocycles. The molecular weight excluding hydrogens is 402 g/mol.